The van der Waals surface area contributed by atoms with E-state index in [1.165, 1.54) is 16.2 Å². The number of anilines is 1. The minimum Gasteiger partial charge on any atom is -0.507 e. The first kappa shape index (κ1) is 26.4. The molecule has 39 heavy (non-hydrogen) atoms. The van der Waals surface area contributed by atoms with Crippen LogP contribution < -0.4 is 14.4 Å². The monoisotopic (exact) mass is 542 g/mol. The lowest BCUT2D eigenvalue weighted by atomic mass is 9.95. The van der Waals surface area contributed by atoms with Crippen LogP contribution in [-0.2, 0) is 9.59 Å². The van der Waals surface area contributed by atoms with E-state index in [0.717, 1.165) is 34.2 Å². The molecule has 1 unspecified atom stereocenters. The van der Waals surface area contributed by atoms with Crippen LogP contribution in [0.2, 0.25) is 0 Å². The van der Waals surface area contributed by atoms with Crippen molar-refractivity contribution in [2.24, 2.45) is 0 Å². The fraction of sp³-hybridized carbons (Fsp3) is 0.258. The molecule has 5 rings (SSSR count). The molecule has 0 bridgehead atoms. The second-order valence-corrected chi connectivity index (χ2v) is 10.6. The average molecular weight is 543 g/mol. The number of carbonyl (C=O) groups is 2. The Balaban J connectivity index is 1.68. The van der Waals surface area contributed by atoms with E-state index in [9.17, 15) is 14.7 Å². The maximum absolute atomic E-state index is 13.6. The van der Waals surface area contributed by atoms with Crippen molar-refractivity contribution in [2.75, 3.05) is 18.6 Å². The van der Waals surface area contributed by atoms with E-state index >= 15 is 0 Å². The Morgan fingerprint density at radius 1 is 1.00 bits per heavy atom. The third kappa shape index (κ3) is 5.00. The third-order valence-corrected chi connectivity index (χ3v) is 7.78. The van der Waals surface area contributed by atoms with Crippen molar-refractivity contribution in [3.05, 3.63) is 88.5 Å². The minimum absolute atomic E-state index is 0.000921. The molecule has 1 fully saturated rings. The third-order valence-electron chi connectivity index (χ3n) is 6.77. The van der Waals surface area contributed by atoms with Crippen LogP contribution in [0.15, 0.2) is 66.2 Å². The summed E-state index contributed by atoms with van der Waals surface area (Å²) in [5.41, 5.74) is 3.86. The van der Waals surface area contributed by atoms with Crippen molar-refractivity contribution >= 4 is 44.1 Å². The van der Waals surface area contributed by atoms with E-state index < -0.39 is 17.7 Å². The molecule has 0 radical (unpaired) electrons. The van der Waals surface area contributed by atoms with E-state index in [-0.39, 0.29) is 11.3 Å². The molecule has 1 N–H and O–H groups in total. The first-order valence-corrected chi connectivity index (χ1v) is 13.7. The second-order valence-electron chi connectivity index (χ2n) is 9.62. The molecule has 8 heteroatoms. The van der Waals surface area contributed by atoms with E-state index in [0.29, 0.717) is 34.4 Å². The van der Waals surface area contributed by atoms with Crippen LogP contribution in [0.4, 0.5) is 5.13 Å². The molecule has 1 saturated heterocycles. The number of aliphatic hydroxyl groups is 1. The van der Waals surface area contributed by atoms with Crippen molar-refractivity contribution in [3.63, 3.8) is 0 Å². The van der Waals surface area contributed by atoms with Gasteiger partial charge >= 0.3 is 5.91 Å². The number of Topliss-reactive ketones (excluding diaryl/α,β-unsaturated/α-hetero) is 1. The molecule has 1 aliphatic rings. The minimum atomic E-state index is -0.911. The van der Waals surface area contributed by atoms with Crippen LogP contribution in [-0.4, -0.2) is 35.5 Å². The molecule has 1 aliphatic heterocycles. The number of rotatable bonds is 8. The Kier molecular flexibility index (Phi) is 7.39. The number of aliphatic hydroxyl groups excluding tert-OH is 1. The van der Waals surface area contributed by atoms with Gasteiger partial charge in [-0.15, -0.1) is 0 Å². The fourth-order valence-electron chi connectivity index (χ4n) is 4.63. The first-order valence-electron chi connectivity index (χ1n) is 12.9. The molecular weight excluding hydrogens is 512 g/mol. The van der Waals surface area contributed by atoms with Crippen LogP contribution in [0.3, 0.4) is 0 Å². The number of methoxy groups -OCH3 is 1. The summed E-state index contributed by atoms with van der Waals surface area (Å²) < 4.78 is 12.4. The number of benzene rings is 3. The van der Waals surface area contributed by atoms with Crippen LogP contribution >= 0.6 is 11.3 Å². The molecule has 4 aromatic rings. The van der Waals surface area contributed by atoms with Crippen LogP contribution in [0, 0.1) is 13.8 Å². The summed E-state index contributed by atoms with van der Waals surface area (Å²) >= 11 is 1.33. The summed E-state index contributed by atoms with van der Waals surface area (Å²) in [6.07, 6.45) is 1.90. The highest BCUT2D eigenvalue weighted by molar-refractivity contribution is 7.22. The molecular formula is C31H30N2O5S. The molecule has 7 nitrogen and oxygen atoms in total. The van der Waals surface area contributed by atoms with E-state index in [1.807, 2.05) is 44.2 Å². The number of carbonyl (C=O) groups excluding carboxylic acids is 2. The number of hydrogen-bond acceptors (Lipinski definition) is 7. The number of fused-ring (bicyclic) bond motifs is 1. The van der Waals surface area contributed by atoms with Gasteiger partial charge in [0.1, 0.15) is 5.76 Å². The Morgan fingerprint density at radius 3 is 2.46 bits per heavy atom. The van der Waals surface area contributed by atoms with Gasteiger partial charge in [-0.25, -0.2) is 4.98 Å². The van der Waals surface area contributed by atoms with Crippen LogP contribution in [0.25, 0.3) is 16.0 Å². The Labute approximate surface area is 231 Å². The quantitative estimate of drug-likeness (QED) is 0.115. The molecule has 200 valence electrons. The lowest BCUT2D eigenvalue weighted by molar-refractivity contribution is -0.132. The molecule has 1 atom stereocenters. The summed E-state index contributed by atoms with van der Waals surface area (Å²) in [6, 6.07) is 17.4. The van der Waals surface area contributed by atoms with E-state index in [4.69, 9.17) is 14.5 Å². The second kappa shape index (κ2) is 10.9. The van der Waals surface area contributed by atoms with Gasteiger partial charge in [0.2, 0.25) is 0 Å². The van der Waals surface area contributed by atoms with Gasteiger partial charge in [-0.05, 0) is 55.7 Å². The molecule has 0 saturated carbocycles. The maximum Gasteiger partial charge on any atom is 0.301 e. The predicted molar refractivity (Wildman–Crippen MR) is 154 cm³/mol. The number of nitrogens with zero attached hydrogens (tertiary/aromatic N) is 2. The average Bonchev–Trinajstić information content (AvgIpc) is 3.46. The molecule has 3 aromatic carbocycles. The van der Waals surface area contributed by atoms with E-state index in [2.05, 4.69) is 6.92 Å². The number of aromatic nitrogens is 1. The number of unbranched alkanes of at least 4 members (excludes halogenated alkanes) is 1. The molecule has 0 spiro atoms. The number of hydrogen-bond donors (Lipinski definition) is 1. The highest BCUT2D eigenvalue weighted by Gasteiger charge is 2.48. The lowest BCUT2D eigenvalue weighted by Gasteiger charge is -2.24. The summed E-state index contributed by atoms with van der Waals surface area (Å²) in [6.45, 7) is 6.56. The normalized spacial score (nSPS) is 16.7. The zero-order valence-electron chi connectivity index (χ0n) is 22.4. The predicted octanol–water partition coefficient (Wildman–Crippen LogP) is 6.73. The SMILES string of the molecule is CCCCOc1ccc(C2C(=C(O)c3ccc(C)cc3)C(=O)C(=O)N2c2nc3ccc(C)cc3s2)cc1OC. The van der Waals surface area contributed by atoms with Crippen LogP contribution in [0.5, 0.6) is 11.5 Å². The van der Waals surface area contributed by atoms with Crippen molar-refractivity contribution in [1.29, 1.82) is 0 Å². The maximum atomic E-state index is 13.6. The number of thiazole rings is 1. The van der Waals surface area contributed by atoms with Gasteiger partial charge in [0.05, 0.1) is 35.5 Å². The van der Waals surface area contributed by atoms with Crippen molar-refractivity contribution in [1.82, 2.24) is 4.98 Å². The Hall–Kier alpha value is -4.17. The fourth-order valence-corrected chi connectivity index (χ4v) is 5.73. The van der Waals surface area contributed by atoms with Crippen molar-refractivity contribution < 1.29 is 24.2 Å². The summed E-state index contributed by atoms with van der Waals surface area (Å²) in [7, 11) is 1.55. The number of ketones is 1. The zero-order chi connectivity index (χ0) is 27.7. The molecule has 2 heterocycles. The van der Waals surface area contributed by atoms with Gasteiger partial charge in [0.15, 0.2) is 16.6 Å². The zero-order valence-corrected chi connectivity index (χ0v) is 23.2. The van der Waals surface area contributed by atoms with Crippen molar-refractivity contribution in [3.8, 4) is 11.5 Å². The number of ether oxygens (including phenoxy) is 2. The van der Waals surface area contributed by atoms with Gasteiger partial charge in [0.25, 0.3) is 5.78 Å². The van der Waals surface area contributed by atoms with Crippen molar-refractivity contribution in [2.45, 2.75) is 39.7 Å². The van der Waals surface area contributed by atoms with Crippen LogP contribution in [0.1, 0.15) is 48.1 Å². The lowest BCUT2D eigenvalue weighted by Crippen LogP contribution is -2.29. The standard InChI is InChI=1S/C31H30N2O5S/c1-5-6-15-38-23-14-12-21(17-24(23)37-4)27-26(28(34)20-10-7-18(2)8-11-20)29(35)30(36)33(27)31-32-22-13-9-19(3)16-25(22)39-31/h7-14,16-17,27,34H,5-6,15H2,1-4H3. The topological polar surface area (TPSA) is 89.0 Å². The smallest absolute Gasteiger partial charge is 0.301 e. The van der Waals surface area contributed by atoms with Gasteiger partial charge in [-0.1, -0.05) is 66.6 Å². The highest BCUT2D eigenvalue weighted by atomic mass is 32.1. The Morgan fingerprint density at radius 2 is 1.74 bits per heavy atom. The largest absolute Gasteiger partial charge is 0.507 e. The summed E-state index contributed by atoms with van der Waals surface area (Å²) in [4.78, 5) is 33.2. The highest BCUT2D eigenvalue weighted by Crippen LogP contribution is 2.46. The number of amides is 1. The first-order chi connectivity index (χ1) is 18.8. The van der Waals surface area contributed by atoms with Gasteiger partial charge in [0, 0.05) is 5.56 Å². The van der Waals surface area contributed by atoms with Gasteiger partial charge in [-0.2, -0.15) is 0 Å². The number of aryl methyl sites for hydroxylation is 2. The molecule has 1 aromatic heterocycles. The summed E-state index contributed by atoms with van der Waals surface area (Å²) in [5.74, 6) is -0.701. The molecule has 1 amide bonds. The Bertz CT molecular complexity index is 1590. The summed E-state index contributed by atoms with van der Waals surface area (Å²) in [5, 5.41) is 11.8. The van der Waals surface area contributed by atoms with Gasteiger partial charge < -0.3 is 14.6 Å². The van der Waals surface area contributed by atoms with Gasteiger partial charge in [-0.3, -0.25) is 14.5 Å². The molecule has 0 aliphatic carbocycles. The van der Waals surface area contributed by atoms with E-state index in [1.54, 1.807) is 37.4 Å².